The zero-order valence-electron chi connectivity index (χ0n) is 21.6. The van der Waals surface area contributed by atoms with Gasteiger partial charge < -0.3 is 26.2 Å². The number of halogens is 2. The summed E-state index contributed by atoms with van der Waals surface area (Å²) in [6.45, 7) is 4.63. The van der Waals surface area contributed by atoms with Gasteiger partial charge in [-0.1, -0.05) is 0 Å². The molecule has 5 N–H and O–H groups in total. The summed E-state index contributed by atoms with van der Waals surface area (Å²) in [6.07, 6.45) is 2.05. The van der Waals surface area contributed by atoms with Gasteiger partial charge in [-0.05, 0) is 51.8 Å². The summed E-state index contributed by atoms with van der Waals surface area (Å²) in [7, 11) is -2.19. The van der Waals surface area contributed by atoms with Crippen LogP contribution in [0.25, 0.3) is 0 Å². The van der Waals surface area contributed by atoms with Gasteiger partial charge in [-0.3, -0.25) is 4.79 Å². The van der Waals surface area contributed by atoms with Gasteiger partial charge in [0, 0.05) is 31.4 Å². The van der Waals surface area contributed by atoms with Crippen LogP contribution >= 0.6 is 0 Å². The third kappa shape index (κ3) is 7.12. The van der Waals surface area contributed by atoms with Crippen LogP contribution in [0.3, 0.4) is 0 Å². The number of nitrogens with one attached hydrogen (secondary N) is 2. The van der Waals surface area contributed by atoms with Crippen molar-refractivity contribution < 1.29 is 31.8 Å². The summed E-state index contributed by atoms with van der Waals surface area (Å²) in [5.74, 6) is -3.72. The molecular formula is C24H34F2N6O5S. The summed E-state index contributed by atoms with van der Waals surface area (Å²) < 4.78 is 59.9. The molecule has 2 aromatic rings. The normalized spacial score (nSPS) is 16.7. The molecule has 0 amide bonds. The monoisotopic (exact) mass is 556 g/mol. The van der Waals surface area contributed by atoms with Gasteiger partial charge in [-0.2, -0.15) is 4.98 Å². The number of methoxy groups -OCH3 is 1. The van der Waals surface area contributed by atoms with Crippen molar-refractivity contribution in [1.82, 2.24) is 19.6 Å². The van der Waals surface area contributed by atoms with E-state index in [1.165, 1.54) is 11.4 Å². The molecule has 1 aliphatic heterocycles. The van der Waals surface area contributed by atoms with Crippen LogP contribution in [0, 0.1) is 11.6 Å². The minimum Gasteiger partial charge on any atom is -0.496 e. The minimum atomic E-state index is -3.41. The van der Waals surface area contributed by atoms with Gasteiger partial charge in [-0.15, -0.1) is 0 Å². The molecule has 1 aromatic heterocycles. The minimum absolute atomic E-state index is 0.0104. The molecule has 3 rings (SSSR count). The first-order valence-corrected chi connectivity index (χ1v) is 13.9. The second-order valence-electron chi connectivity index (χ2n) is 9.23. The van der Waals surface area contributed by atoms with Crippen LogP contribution in [0.4, 0.5) is 20.5 Å². The Morgan fingerprint density at radius 1 is 1.29 bits per heavy atom. The number of ether oxygens (including phenoxy) is 1. The Hall–Kier alpha value is -2.94. The van der Waals surface area contributed by atoms with E-state index < -0.39 is 39.1 Å². The second kappa shape index (κ2) is 12.7. The van der Waals surface area contributed by atoms with E-state index in [0.717, 1.165) is 18.3 Å². The Bertz CT molecular complexity index is 1240. The van der Waals surface area contributed by atoms with Crippen molar-refractivity contribution in [1.29, 1.82) is 0 Å². The van der Waals surface area contributed by atoms with E-state index in [1.54, 1.807) is 6.92 Å². The number of carbonyl (C=O) groups excluding carboxylic acids is 1. The van der Waals surface area contributed by atoms with Gasteiger partial charge in [0.05, 0.1) is 24.5 Å². The summed E-state index contributed by atoms with van der Waals surface area (Å²) in [5, 5.41) is 15.7. The van der Waals surface area contributed by atoms with Gasteiger partial charge in [0.25, 0.3) is 0 Å². The Kier molecular flexibility index (Phi) is 9.93. The van der Waals surface area contributed by atoms with Crippen molar-refractivity contribution in [3.8, 4) is 5.75 Å². The van der Waals surface area contributed by atoms with Gasteiger partial charge in [0.1, 0.15) is 17.1 Å². The van der Waals surface area contributed by atoms with Crippen LogP contribution < -0.4 is 21.1 Å². The highest BCUT2D eigenvalue weighted by molar-refractivity contribution is 7.89. The number of hydrogen-bond donors (Lipinski definition) is 4. The fourth-order valence-electron chi connectivity index (χ4n) is 4.03. The zero-order valence-corrected chi connectivity index (χ0v) is 22.4. The highest BCUT2D eigenvalue weighted by Crippen LogP contribution is 2.28. The first kappa shape index (κ1) is 29.6. The highest BCUT2D eigenvalue weighted by atomic mass is 32.2. The van der Waals surface area contributed by atoms with Gasteiger partial charge >= 0.3 is 0 Å². The van der Waals surface area contributed by atoms with E-state index >= 15 is 0 Å². The lowest BCUT2D eigenvalue weighted by molar-refractivity contribution is 0.103. The third-order valence-corrected chi connectivity index (χ3v) is 8.47. The molecule has 0 saturated carbocycles. The molecule has 0 spiro atoms. The molecule has 1 unspecified atom stereocenters. The topological polar surface area (TPSA) is 160 Å². The molecule has 38 heavy (non-hydrogen) atoms. The van der Waals surface area contributed by atoms with Crippen LogP contribution in [0.2, 0.25) is 0 Å². The predicted octanol–water partition coefficient (Wildman–Crippen LogP) is 1.53. The Morgan fingerprint density at radius 2 is 1.97 bits per heavy atom. The summed E-state index contributed by atoms with van der Waals surface area (Å²) >= 11 is 0. The average molecular weight is 557 g/mol. The number of nitrogens with two attached hydrogens (primary N) is 1. The molecule has 1 aliphatic rings. The van der Waals surface area contributed by atoms with Gasteiger partial charge in [0.15, 0.2) is 11.6 Å². The number of sulfonamides is 1. The Morgan fingerprint density at radius 3 is 2.58 bits per heavy atom. The first-order chi connectivity index (χ1) is 17.9. The molecule has 1 aromatic carbocycles. The number of nitrogen functional groups attached to an aromatic ring is 1. The zero-order chi connectivity index (χ0) is 28.0. The van der Waals surface area contributed by atoms with Crippen molar-refractivity contribution in [3.63, 3.8) is 0 Å². The molecule has 0 aliphatic carbocycles. The van der Waals surface area contributed by atoms with Crippen LogP contribution in [-0.2, 0) is 10.0 Å². The number of rotatable bonds is 12. The van der Waals surface area contributed by atoms with Crippen LogP contribution in [0.15, 0.2) is 18.3 Å². The molecule has 0 bridgehead atoms. The number of anilines is 2. The first-order valence-electron chi connectivity index (χ1n) is 12.3. The van der Waals surface area contributed by atoms with Crippen LogP contribution in [0.5, 0.6) is 5.75 Å². The van der Waals surface area contributed by atoms with Crippen LogP contribution in [-0.4, -0.2) is 84.3 Å². The van der Waals surface area contributed by atoms with Crippen LogP contribution in [0.1, 0.15) is 49.0 Å². The third-order valence-electron chi connectivity index (χ3n) is 6.52. The fourth-order valence-corrected chi connectivity index (χ4v) is 5.57. The lowest BCUT2D eigenvalue weighted by atomic mass is 10.0. The van der Waals surface area contributed by atoms with Crippen molar-refractivity contribution in [2.24, 2.45) is 0 Å². The van der Waals surface area contributed by atoms with Gasteiger partial charge in [-0.25, -0.2) is 26.5 Å². The average Bonchev–Trinajstić information content (AvgIpc) is 2.88. The lowest BCUT2D eigenvalue weighted by Crippen LogP contribution is -2.44. The number of ketones is 1. The largest absolute Gasteiger partial charge is 0.496 e. The molecule has 14 heteroatoms. The smallest absolute Gasteiger partial charge is 0.224 e. The summed E-state index contributed by atoms with van der Waals surface area (Å²) in [4.78, 5) is 21.0. The maximum atomic E-state index is 14.3. The Labute approximate surface area is 220 Å². The van der Waals surface area contributed by atoms with E-state index in [0.29, 0.717) is 38.9 Å². The van der Waals surface area contributed by atoms with Crippen molar-refractivity contribution in [2.45, 2.75) is 51.3 Å². The molecule has 1 saturated heterocycles. The number of aromatic nitrogens is 2. The van der Waals surface area contributed by atoms with Gasteiger partial charge in [0.2, 0.25) is 21.8 Å². The number of nitrogens with zero attached hydrogens (tertiary/aromatic N) is 3. The number of aliphatic hydroxyl groups is 1. The SMILES string of the molecule is COc1ccc(F)c(F)c1C(=O)c1cnc(NC2CCN(S(=O)(=O)CCCN[C@H](C)C(C)O)CC2)nc1N. The van der Waals surface area contributed by atoms with E-state index in [2.05, 4.69) is 20.6 Å². The van der Waals surface area contributed by atoms with E-state index in [1.807, 2.05) is 6.92 Å². The number of piperidine rings is 1. The fraction of sp³-hybridized carbons (Fsp3) is 0.542. The maximum absolute atomic E-state index is 14.3. The number of benzene rings is 1. The maximum Gasteiger partial charge on any atom is 0.224 e. The van der Waals surface area contributed by atoms with Crippen molar-refractivity contribution in [2.75, 3.05) is 43.5 Å². The van der Waals surface area contributed by atoms with E-state index in [-0.39, 0.29) is 40.9 Å². The number of aliphatic hydroxyl groups excluding tert-OH is 1. The number of hydrogen-bond acceptors (Lipinski definition) is 10. The number of carbonyl (C=O) groups is 1. The molecule has 2 heterocycles. The molecule has 11 nitrogen and oxygen atoms in total. The summed E-state index contributed by atoms with van der Waals surface area (Å²) in [6, 6.07) is 1.75. The summed E-state index contributed by atoms with van der Waals surface area (Å²) in [5.41, 5.74) is 5.12. The lowest BCUT2D eigenvalue weighted by Gasteiger charge is -2.31. The highest BCUT2D eigenvalue weighted by Gasteiger charge is 2.29. The van der Waals surface area contributed by atoms with E-state index in [4.69, 9.17) is 10.5 Å². The standard InChI is InChI=1S/C24H34F2N6O5S/c1-14(15(2)33)28-9-4-12-38(35,36)32-10-7-16(8-11-32)30-24-29-13-17(23(27)31-24)22(34)20-19(37-3)6-5-18(25)21(20)26/h5-6,13-16,28,33H,4,7-12H2,1-3H3,(H3,27,29,30,31)/t14-,15?/m1/s1. The molecule has 210 valence electrons. The molecule has 1 fully saturated rings. The molecule has 2 atom stereocenters. The van der Waals surface area contributed by atoms with Crippen molar-refractivity contribution >= 4 is 27.6 Å². The molecular weight excluding hydrogens is 522 g/mol. The van der Waals surface area contributed by atoms with Crippen molar-refractivity contribution in [3.05, 3.63) is 41.1 Å². The van der Waals surface area contributed by atoms with E-state index in [9.17, 15) is 27.1 Å². The Balaban J connectivity index is 1.56. The second-order valence-corrected chi connectivity index (χ2v) is 11.3. The molecule has 0 radical (unpaired) electrons. The predicted molar refractivity (Wildman–Crippen MR) is 139 cm³/mol. The quantitative estimate of drug-likeness (QED) is 0.223.